The highest BCUT2D eigenvalue weighted by molar-refractivity contribution is 5.33. The average molecular weight is 340 g/mol. The van der Waals surface area contributed by atoms with Gasteiger partial charge in [-0.25, -0.2) is 0 Å². The maximum atomic E-state index is 11.1. The van der Waals surface area contributed by atoms with Gasteiger partial charge in [0.15, 0.2) is 0 Å². The lowest BCUT2D eigenvalue weighted by atomic mass is 9.88. The molecule has 1 aromatic carbocycles. The van der Waals surface area contributed by atoms with E-state index in [9.17, 15) is 5.11 Å². The SMILES string of the molecule is Cn1cnnc1CC1(O)CCCN(Cc2ccc3c(c2)CCCC3)C1. The second-order valence-electron chi connectivity index (χ2n) is 7.88. The second-order valence-corrected chi connectivity index (χ2v) is 7.88. The Kier molecular flexibility index (Phi) is 4.61. The number of likely N-dealkylation sites (tertiary alicyclic amines) is 1. The predicted octanol–water partition coefficient (Wildman–Crippen LogP) is 2.26. The first-order valence-corrected chi connectivity index (χ1v) is 9.50. The summed E-state index contributed by atoms with van der Waals surface area (Å²) in [5, 5.41) is 19.2. The molecular weight excluding hydrogens is 312 g/mol. The van der Waals surface area contributed by atoms with Gasteiger partial charge in [-0.1, -0.05) is 18.2 Å². The highest BCUT2D eigenvalue weighted by atomic mass is 16.3. The van der Waals surface area contributed by atoms with E-state index in [0.29, 0.717) is 13.0 Å². The number of rotatable bonds is 4. The number of hydrogen-bond donors (Lipinski definition) is 1. The first kappa shape index (κ1) is 16.7. The lowest BCUT2D eigenvalue weighted by Gasteiger charge is -2.39. The summed E-state index contributed by atoms with van der Waals surface area (Å²) in [4.78, 5) is 2.39. The standard InChI is InChI=1S/C20H28N4O/c1-23-15-21-22-19(23)12-20(25)9-4-10-24(14-20)13-16-7-8-17-5-2-3-6-18(17)11-16/h7-8,11,15,25H,2-6,9-10,12-14H2,1H3. The predicted molar refractivity (Wildman–Crippen MR) is 97.3 cm³/mol. The minimum absolute atomic E-state index is 0.574. The van der Waals surface area contributed by atoms with E-state index in [4.69, 9.17) is 0 Å². The van der Waals surface area contributed by atoms with Crippen molar-refractivity contribution in [1.29, 1.82) is 0 Å². The maximum Gasteiger partial charge on any atom is 0.135 e. The number of fused-ring (bicyclic) bond motifs is 1. The molecule has 1 N–H and O–H groups in total. The molecule has 1 fully saturated rings. The van der Waals surface area contributed by atoms with Crippen LogP contribution < -0.4 is 0 Å². The van der Waals surface area contributed by atoms with Crippen LogP contribution in [-0.4, -0.2) is 43.5 Å². The van der Waals surface area contributed by atoms with Crippen molar-refractivity contribution in [3.8, 4) is 0 Å². The minimum Gasteiger partial charge on any atom is -0.388 e. The van der Waals surface area contributed by atoms with E-state index >= 15 is 0 Å². The molecule has 134 valence electrons. The summed E-state index contributed by atoms with van der Waals surface area (Å²) in [6.45, 7) is 2.68. The molecule has 5 heteroatoms. The summed E-state index contributed by atoms with van der Waals surface area (Å²) in [7, 11) is 1.94. The summed E-state index contributed by atoms with van der Waals surface area (Å²) >= 11 is 0. The molecule has 5 nitrogen and oxygen atoms in total. The van der Waals surface area contributed by atoms with Crippen molar-refractivity contribution in [3.05, 3.63) is 47.0 Å². The monoisotopic (exact) mass is 340 g/mol. The van der Waals surface area contributed by atoms with Gasteiger partial charge < -0.3 is 9.67 Å². The van der Waals surface area contributed by atoms with Crippen LogP contribution in [0, 0.1) is 0 Å². The van der Waals surface area contributed by atoms with Crippen LogP contribution in [0.25, 0.3) is 0 Å². The number of benzene rings is 1. The molecule has 1 saturated heterocycles. The molecule has 2 aromatic rings. The van der Waals surface area contributed by atoms with Gasteiger partial charge in [0.2, 0.25) is 0 Å². The third-order valence-corrected chi connectivity index (χ3v) is 5.75. The van der Waals surface area contributed by atoms with Crippen LogP contribution in [0.5, 0.6) is 0 Å². The number of hydrogen-bond acceptors (Lipinski definition) is 4. The van der Waals surface area contributed by atoms with E-state index in [1.807, 2.05) is 11.6 Å². The fourth-order valence-corrected chi connectivity index (χ4v) is 4.39. The van der Waals surface area contributed by atoms with Crippen LogP contribution in [0.3, 0.4) is 0 Å². The van der Waals surface area contributed by atoms with Crippen LogP contribution in [0.1, 0.15) is 48.2 Å². The van der Waals surface area contributed by atoms with Crippen molar-refractivity contribution in [1.82, 2.24) is 19.7 Å². The molecule has 0 bridgehead atoms. The van der Waals surface area contributed by atoms with Crippen molar-refractivity contribution in [2.24, 2.45) is 7.05 Å². The number of nitrogens with zero attached hydrogens (tertiary/aromatic N) is 4. The summed E-state index contributed by atoms with van der Waals surface area (Å²) in [5.74, 6) is 0.859. The molecular formula is C20H28N4O. The second kappa shape index (κ2) is 6.89. The zero-order valence-corrected chi connectivity index (χ0v) is 15.1. The first-order valence-electron chi connectivity index (χ1n) is 9.50. The highest BCUT2D eigenvalue weighted by Crippen LogP contribution is 2.27. The van der Waals surface area contributed by atoms with Crippen molar-refractivity contribution in [3.63, 3.8) is 0 Å². The van der Waals surface area contributed by atoms with Crippen molar-refractivity contribution >= 4 is 0 Å². The number of aliphatic hydroxyl groups is 1. The van der Waals surface area contributed by atoms with E-state index in [0.717, 1.165) is 31.8 Å². The molecule has 1 aliphatic carbocycles. The summed E-state index contributed by atoms with van der Waals surface area (Å²) in [5.41, 5.74) is 3.75. The lowest BCUT2D eigenvalue weighted by molar-refractivity contribution is -0.0344. The minimum atomic E-state index is -0.701. The molecule has 0 spiro atoms. The van der Waals surface area contributed by atoms with Crippen LogP contribution in [0.15, 0.2) is 24.5 Å². The van der Waals surface area contributed by atoms with Gasteiger partial charge >= 0.3 is 0 Å². The number of piperidine rings is 1. The van der Waals surface area contributed by atoms with E-state index in [1.54, 1.807) is 6.33 Å². The lowest BCUT2D eigenvalue weighted by Crippen LogP contribution is -2.49. The topological polar surface area (TPSA) is 54.2 Å². The van der Waals surface area contributed by atoms with Gasteiger partial charge in [-0.3, -0.25) is 4.90 Å². The third kappa shape index (κ3) is 3.77. The zero-order chi connectivity index (χ0) is 17.3. The molecule has 1 aliphatic heterocycles. The molecule has 1 atom stereocenters. The molecule has 0 amide bonds. The summed E-state index contributed by atoms with van der Waals surface area (Å²) in [6.07, 6.45) is 9.23. The Labute approximate surface area is 149 Å². The van der Waals surface area contributed by atoms with Crippen LogP contribution in [0.4, 0.5) is 0 Å². The van der Waals surface area contributed by atoms with Crippen molar-refractivity contribution in [2.75, 3.05) is 13.1 Å². The first-order chi connectivity index (χ1) is 12.1. The van der Waals surface area contributed by atoms with Gasteiger partial charge in [-0.05, 0) is 61.8 Å². The molecule has 2 heterocycles. The largest absolute Gasteiger partial charge is 0.388 e. The normalized spacial score (nSPS) is 24.2. The summed E-state index contributed by atoms with van der Waals surface area (Å²) < 4.78 is 1.90. The van der Waals surface area contributed by atoms with Gasteiger partial charge in [-0.15, -0.1) is 10.2 Å². The van der Waals surface area contributed by atoms with Gasteiger partial charge in [0, 0.05) is 26.6 Å². The zero-order valence-electron chi connectivity index (χ0n) is 15.1. The Bertz CT molecular complexity index is 741. The number of β-amino-alcohol motifs (C(OH)–C–C–N with tert-alkyl or cyclic N) is 1. The number of aryl methyl sites for hydroxylation is 3. The fourth-order valence-electron chi connectivity index (χ4n) is 4.39. The molecule has 1 unspecified atom stereocenters. The van der Waals surface area contributed by atoms with E-state index in [1.165, 1.54) is 42.4 Å². The smallest absolute Gasteiger partial charge is 0.135 e. The molecule has 0 saturated carbocycles. The molecule has 1 aromatic heterocycles. The number of aromatic nitrogens is 3. The Balaban J connectivity index is 1.43. The third-order valence-electron chi connectivity index (χ3n) is 5.75. The molecule has 4 rings (SSSR count). The highest BCUT2D eigenvalue weighted by Gasteiger charge is 2.34. The Morgan fingerprint density at radius 2 is 2.00 bits per heavy atom. The van der Waals surface area contributed by atoms with Crippen LogP contribution >= 0.6 is 0 Å². The molecule has 2 aliphatic rings. The van der Waals surface area contributed by atoms with Gasteiger partial charge in [0.05, 0.1) is 5.60 Å². The van der Waals surface area contributed by atoms with Crippen molar-refractivity contribution < 1.29 is 5.11 Å². The Morgan fingerprint density at radius 3 is 2.80 bits per heavy atom. The average Bonchev–Trinajstić information content (AvgIpc) is 2.99. The van der Waals surface area contributed by atoms with Gasteiger partial charge in [0.25, 0.3) is 0 Å². The quantitative estimate of drug-likeness (QED) is 0.928. The van der Waals surface area contributed by atoms with Gasteiger partial charge in [-0.2, -0.15) is 0 Å². The Morgan fingerprint density at radius 1 is 1.16 bits per heavy atom. The molecule has 25 heavy (non-hydrogen) atoms. The van der Waals surface area contributed by atoms with Gasteiger partial charge in [0.1, 0.15) is 12.2 Å². The van der Waals surface area contributed by atoms with E-state index in [-0.39, 0.29) is 0 Å². The van der Waals surface area contributed by atoms with E-state index < -0.39 is 5.60 Å². The fraction of sp³-hybridized carbons (Fsp3) is 0.600. The maximum absolute atomic E-state index is 11.1. The van der Waals surface area contributed by atoms with Crippen molar-refractivity contribution in [2.45, 2.75) is 57.1 Å². The van der Waals surface area contributed by atoms with Crippen LogP contribution in [0.2, 0.25) is 0 Å². The van der Waals surface area contributed by atoms with Crippen LogP contribution in [-0.2, 0) is 32.9 Å². The molecule has 0 radical (unpaired) electrons. The van der Waals surface area contributed by atoms with E-state index in [2.05, 4.69) is 33.3 Å². The Hall–Kier alpha value is -1.72. The summed E-state index contributed by atoms with van der Waals surface area (Å²) in [6, 6.07) is 6.99.